The summed E-state index contributed by atoms with van der Waals surface area (Å²) < 4.78 is 1.77. The first kappa shape index (κ1) is 31.4. The van der Waals surface area contributed by atoms with Crippen LogP contribution in [0.15, 0.2) is 91.4 Å². The van der Waals surface area contributed by atoms with Crippen LogP contribution < -0.4 is 26.2 Å². The van der Waals surface area contributed by atoms with E-state index in [0.29, 0.717) is 30.3 Å². The van der Waals surface area contributed by atoms with Crippen LogP contribution in [0.2, 0.25) is 0 Å². The molecule has 0 saturated heterocycles. The predicted octanol–water partition coefficient (Wildman–Crippen LogP) is 6.13. The van der Waals surface area contributed by atoms with Crippen molar-refractivity contribution in [2.75, 3.05) is 20.9 Å². The number of aromatic nitrogens is 4. The normalized spacial score (nSPS) is 16.6. The highest BCUT2D eigenvalue weighted by Gasteiger charge is 2.30. The summed E-state index contributed by atoms with van der Waals surface area (Å²) in [5, 5.41) is 26.6. The van der Waals surface area contributed by atoms with Gasteiger partial charge in [-0.2, -0.15) is 15.3 Å². The lowest BCUT2D eigenvalue weighted by Gasteiger charge is -2.37. The van der Waals surface area contributed by atoms with Gasteiger partial charge in [-0.1, -0.05) is 42.5 Å². The van der Waals surface area contributed by atoms with Crippen LogP contribution in [-0.2, 0) is 24.8 Å². The van der Waals surface area contributed by atoms with Crippen LogP contribution in [0, 0.1) is 11.3 Å². The van der Waals surface area contributed by atoms with Gasteiger partial charge in [-0.15, -0.1) is 0 Å². The quantitative estimate of drug-likeness (QED) is 0.148. The second-order valence-electron chi connectivity index (χ2n) is 12.4. The third kappa shape index (κ3) is 7.21. The number of carbonyl (C=O) groups is 2. The highest BCUT2D eigenvalue weighted by atomic mass is 16.2. The summed E-state index contributed by atoms with van der Waals surface area (Å²) >= 11 is 0. The summed E-state index contributed by atoms with van der Waals surface area (Å²) in [6.07, 6.45) is 8.80. The largest absolute Gasteiger partial charge is 0.351 e. The number of nitrogens with one attached hydrogen (secondary N) is 4. The van der Waals surface area contributed by atoms with Gasteiger partial charge in [-0.3, -0.25) is 14.4 Å². The SMILES string of the molecule is Cn1cc(-c2ccc(N(C(=O)NCc3ccccc3)C3CCC(Nc4ncc(C#N)c(Nc5ccc6c(c5)CC(=O)N6)n4)CC3)cc2)cn1. The van der Waals surface area contributed by atoms with Crippen LogP contribution in [0.5, 0.6) is 0 Å². The van der Waals surface area contributed by atoms with E-state index in [1.165, 1.54) is 6.20 Å². The molecule has 2 aromatic heterocycles. The molecule has 0 spiro atoms. The van der Waals surface area contributed by atoms with Gasteiger partial charge in [0.1, 0.15) is 11.6 Å². The number of benzene rings is 3. The van der Waals surface area contributed by atoms with Crippen LogP contribution in [0.3, 0.4) is 0 Å². The standard InChI is InChI=1S/C37H36N10O2/c1-46-23-28(22-41-46)25-7-12-31(13-8-25)47(37(49)40-20-24-5-3-2-4-6-24)32-14-9-29(10-15-32)43-36-39-21-27(19-38)35(45-36)42-30-11-16-33-26(17-30)18-34(48)44-33/h2-8,11-13,16-17,21-23,29,32H,9-10,14-15,18,20H2,1H3,(H,40,49)(H,44,48)(H2,39,42,43,45). The molecule has 1 aliphatic carbocycles. The van der Waals surface area contributed by atoms with Gasteiger partial charge in [0.25, 0.3) is 0 Å². The minimum Gasteiger partial charge on any atom is -0.351 e. The molecule has 0 bridgehead atoms. The lowest BCUT2D eigenvalue weighted by Crippen LogP contribution is -2.48. The van der Waals surface area contributed by atoms with Crippen LogP contribution in [-0.4, -0.2) is 43.8 Å². The summed E-state index contributed by atoms with van der Waals surface area (Å²) in [5.41, 5.74) is 6.67. The second-order valence-corrected chi connectivity index (χ2v) is 12.4. The lowest BCUT2D eigenvalue weighted by atomic mass is 9.90. The van der Waals surface area contributed by atoms with Crippen LogP contribution in [0.1, 0.15) is 42.4 Å². The van der Waals surface area contributed by atoms with Crippen LogP contribution >= 0.6 is 0 Å². The number of aryl methyl sites for hydroxylation is 1. The third-order valence-electron chi connectivity index (χ3n) is 8.99. The third-order valence-corrected chi connectivity index (χ3v) is 8.99. The smallest absolute Gasteiger partial charge is 0.322 e. The molecule has 0 radical (unpaired) electrons. The number of fused-ring (bicyclic) bond motifs is 1. The van der Waals surface area contributed by atoms with Gasteiger partial charge in [-0.25, -0.2) is 9.78 Å². The van der Waals surface area contributed by atoms with E-state index < -0.39 is 0 Å². The highest BCUT2D eigenvalue weighted by Crippen LogP contribution is 2.32. The number of urea groups is 1. The average Bonchev–Trinajstić information content (AvgIpc) is 3.73. The Kier molecular flexibility index (Phi) is 8.88. The molecule has 2 aliphatic rings. The molecule has 3 amide bonds. The molecule has 49 heavy (non-hydrogen) atoms. The van der Waals surface area contributed by atoms with Crippen LogP contribution in [0.4, 0.5) is 33.6 Å². The fraction of sp³-hybridized carbons (Fsp3) is 0.243. The van der Waals surface area contributed by atoms with Gasteiger partial charge in [0, 0.05) is 54.5 Å². The number of amides is 3. The Morgan fingerprint density at radius 1 is 1.02 bits per heavy atom. The molecular weight excluding hydrogens is 616 g/mol. The molecule has 3 aromatic carbocycles. The molecule has 7 rings (SSSR count). The number of carbonyl (C=O) groups excluding carboxylic acids is 2. The molecule has 1 fully saturated rings. The topological polar surface area (TPSA) is 153 Å². The Morgan fingerprint density at radius 2 is 1.82 bits per heavy atom. The minimum atomic E-state index is -0.132. The zero-order chi connectivity index (χ0) is 33.7. The molecular formula is C37H36N10O2. The van der Waals surface area contributed by atoms with E-state index >= 15 is 0 Å². The molecule has 0 unspecified atom stereocenters. The monoisotopic (exact) mass is 652 g/mol. The molecule has 3 heterocycles. The summed E-state index contributed by atoms with van der Waals surface area (Å²) in [7, 11) is 1.89. The lowest BCUT2D eigenvalue weighted by molar-refractivity contribution is -0.115. The van der Waals surface area contributed by atoms with E-state index in [1.807, 2.05) is 97.1 Å². The first-order chi connectivity index (χ1) is 23.9. The number of hydrogen-bond acceptors (Lipinski definition) is 8. The van der Waals surface area contributed by atoms with Crippen molar-refractivity contribution in [1.82, 2.24) is 25.1 Å². The van der Waals surface area contributed by atoms with Crippen molar-refractivity contribution >= 4 is 40.8 Å². The molecule has 1 saturated carbocycles. The first-order valence-electron chi connectivity index (χ1n) is 16.4. The van der Waals surface area contributed by atoms with Crippen molar-refractivity contribution in [2.24, 2.45) is 7.05 Å². The van der Waals surface area contributed by atoms with Gasteiger partial charge in [-0.05, 0) is 72.7 Å². The summed E-state index contributed by atoms with van der Waals surface area (Å²) in [5.74, 6) is 0.774. The second kappa shape index (κ2) is 13.9. The van der Waals surface area contributed by atoms with E-state index in [-0.39, 0.29) is 24.0 Å². The molecule has 4 N–H and O–H groups in total. The van der Waals surface area contributed by atoms with Crippen molar-refractivity contribution in [1.29, 1.82) is 5.26 Å². The Hall–Kier alpha value is -6.22. The average molecular weight is 653 g/mol. The first-order valence-corrected chi connectivity index (χ1v) is 16.4. The maximum Gasteiger partial charge on any atom is 0.322 e. The predicted molar refractivity (Wildman–Crippen MR) is 188 cm³/mol. The fourth-order valence-electron chi connectivity index (χ4n) is 6.47. The fourth-order valence-corrected chi connectivity index (χ4v) is 6.47. The zero-order valence-corrected chi connectivity index (χ0v) is 27.1. The van der Waals surface area contributed by atoms with Gasteiger partial charge >= 0.3 is 6.03 Å². The molecule has 1 aliphatic heterocycles. The van der Waals surface area contributed by atoms with E-state index in [9.17, 15) is 14.9 Å². The Labute approximate surface area is 284 Å². The molecule has 12 heteroatoms. The Morgan fingerprint density at radius 3 is 2.55 bits per heavy atom. The molecule has 0 atom stereocenters. The van der Waals surface area contributed by atoms with E-state index in [2.05, 4.69) is 42.4 Å². The van der Waals surface area contributed by atoms with Crippen molar-refractivity contribution in [3.05, 3.63) is 108 Å². The zero-order valence-electron chi connectivity index (χ0n) is 27.1. The van der Waals surface area contributed by atoms with E-state index in [1.54, 1.807) is 4.68 Å². The number of nitrogens with zero attached hydrogens (tertiary/aromatic N) is 6. The van der Waals surface area contributed by atoms with Gasteiger partial charge in [0.15, 0.2) is 5.82 Å². The minimum absolute atomic E-state index is 0.00152. The Balaban J connectivity index is 1.03. The Bertz CT molecular complexity index is 2010. The molecule has 12 nitrogen and oxygen atoms in total. The van der Waals surface area contributed by atoms with Crippen molar-refractivity contribution < 1.29 is 9.59 Å². The summed E-state index contributed by atoms with van der Waals surface area (Å²) in [6.45, 7) is 0.438. The number of nitriles is 1. The van der Waals surface area contributed by atoms with E-state index in [0.717, 1.165) is 65.0 Å². The van der Waals surface area contributed by atoms with Gasteiger partial charge < -0.3 is 21.3 Å². The number of anilines is 5. The molecule has 246 valence electrons. The highest BCUT2D eigenvalue weighted by molar-refractivity contribution is 5.99. The van der Waals surface area contributed by atoms with Crippen molar-refractivity contribution in [3.8, 4) is 17.2 Å². The van der Waals surface area contributed by atoms with Crippen LogP contribution in [0.25, 0.3) is 11.1 Å². The van der Waals surface area contributed by atoms with Crippen molar-refractivity contribution in [3.63, 3.8) is 0 Å². The van der Waals surface area contributed by atoms with Crippen molar-refractivity contribution in [2.45, 2.75) is 50.7 Å². The van der Waals surface area contributed by atoms with Gasteiger partial charge in [0.2, 0.25) is 11.9 Å². The van der Waals surface area contributed by atoms with E-state index in [4.69, 9.17) is 0 Å². The maximum atomic E-state index is 13.8. The maximum absolute atomic E-state index is 13.8. The number of hydrogen-bond donors (Lipinski definition) is 4. The summed E-state index contributed by atoms with van der Waals surface area (Å²) in [4.78, 5) is 36.5. The molecule has 5 aromatic rings. The number of rotatable bonds is 9. The summed E-state index contributed by atoms with van der Waals surface area (Å²) in [6, 6.07) is 25.7. The van der Waals surface area contributed by atoms with Gasteiger partial charge in [0.05, 0.1) is 18.8 Å².